The number of imidazole rings is 1. The average Bonchev–Trinajstić information content (AvgIpc) is 3.20. The molecule has 1 aromatic heterocycles. The molecule has 4 rings (SSSR count). The first-order valence-electron chi connectivity index (χ1n) is 11.8. The van der Waals surface area contributed by atoms with E-state index in [9.17, 15) is 13.2 Å². The number of carbonyl (C=O) groups excluding carboxylic acids is 1. The Labute approximate surface area is 211 Å². The molecule has 0 atom stereocenters. The third-order valence-electron chi connectivity index (χ3n) is 5.89. The zero-order valence-electron chi connectivity index (χ0n) is 20.8. The van der Waals surface area contributed by atoms with Crippen molar-refractivity contribution in [3.8, 4) is 28.1 Å². The van der Waals surface area contributed by atoms with Crippen LogP contribution in [-0.2, 0) is 21.2 Å². The Kier molecular flexibility index (Phi) is 7.26. The number of sulfonamides is 1. The van der Waals surface area contributed by atoms with E-state index in [4.69, 9.17) is 9.72 Å². The van der Waals surface area contributed by atoms with Gasteiger partial charge in [0.2, 0.25) is 0 Å². The second-order valence-corrected chi connectivity index (χ2v) is 10.0. The van der Waals surface area contributed by atoms with Gasteiger partial charge in [0.1, 0.15) is 5.82 Å². The van der Waals surface area contributed by atoms with Crippen molar-refractivity contribution < 1.29 is 17.9 Å². The average molecular weight is 504 g/mol. The highest BCUT2D eigenvalue weighted by Gasteiger charge is 2.23. The third-order valence-corrected chi connectivity index (χ3v) is 7.27. The van der Waals surface area contributed by atoms with Gasteiger partial charge in [0.25, 0.3) is 10.0 Å². The van der Waals surface area contributed by atoms with E-state index in [-0.39, 0.29) is 11.5 Å². The molecule has 1 amide bonds. The molecule has 7 nitrogen and oxygen atoms in total. The highest BCUT2D eigenvalue weighted by atomic mass is 32.2. The van der Waals surface area contributed by atoms with Crippen LogP contribution in [0.25, 0.3) is 28.1 Å². The maximum Gasteiger partial charge on any atom is 0.421 e. The maximum absolute atomic E-state index is 13.0. The van der Waals surface area contributed by atoms with Gasteiger partial charge < -0.3 is 9.30 Å². The molecule has 0 unspecified atom stereocenters. The van der Waals surface area contributed by atoms with Gasteiger partial charge >= 0.3 is 6.09 Å². The quantitative estimate of drug-likeness (QED) is 0.343. The number of aromatic nitrogens is 2. The maximum atomic E-state index is 13.0. The molecule has 0 aliphatic carbocycles. The topological polar surface area (TPSA) is 90.3 Å². The summed E-state index contributed by atoms with van der Waals surface area (Å²) < 4.78 is 34.8. The summed E-state index contributed by atoms with van der Waals surface area (Å²) in [5.74, 6) is 0.941. The van der Waals surface area contributed by atoms with Crippen LogP contribution in [0.1, 0.15) is 30.9 Å². The highest BCUT2D eigenvalue weighted by Crippen LogP contribution is 2.31. The number of rotatable bonds is 7. The molecule has 8 heteroatoms. The molecule has 1 heterocycles. The minimum Gasteiger partial charge on any atom is -0.449 e. The molecule has 0 saturated heterocycles. The summed E-state index contributed by atoms with van der Waals surface area (Å²) in [5, 5.41) is 0. The van der Waals surface area contributed by atoms with Gasteiger partial charge in [-0.25, -0.2) is 22.9 Å². The van der Waals surface area contributed by atoms with Crippen molar-refractivity contribution >= 4 is 16.1 Å². The third kappa shape index (κ3) is 5.04. The Morgan fingerprint density at radius 3 is 2.28 bits per heavy atom. The van der Waals surface area contributed by atoms with E-state index in [1.54, 1.807) is 19.1 Å². The van der Waals surface area contributed by atoms with E-state index in [2.05, 4.69) is 18.4 Å². The predicted molar refractivity (Wildman–Crippen MR) is 141 cm³/mol. The van der Waals surface area contributed by atoms with E-state index in [0.717, 1.165) is 40.4 Å². The number of nitrogens with one attached hydrogen (secondary N) is 1. The molecule has 186 valence electrons. The molecule has 1 N–H and O–H groups in total. The number of hydrogen-bond acceptors (Lipinski definition) is 5. The van der Waals surface area contributed by atoms with E-state index in [1.807, 2.05) is 66.2 Å². The lowest BCUT2D eigenvalue weighted by Gasteiger charge is -2.14. The van der Waals surface area contributed by atoms with E-state index in [1.165, 1.54) is 6.07 Å². The fourth-order valence-electron chi connectivity index (χ4n) is 4.23. The Balaban J connectivity index is 1.75. The summed E-state index contributed by atoms with van der Waals surface area (Å²) in [4.78, 5) is 16.7. The van der Waals surface area contributed by atoms with Crippen molar-refractivity contribution in [2.24, 2.45) is 0 Å². The van der Waals surface area contributed by atoms with Crippen LogP contribution in [0.3, 0.4) is 0 Å². The molecular formula is C28H29N3O4S. The Morgan fingerprint density at radius 2 is 1.64 bits per heavy atom. The van der Waals surface area contributed by atoms with Crippen LogP contribution in [0.4, 0.5) is 4.79 Å². The SMILES string of the molecule is CCOC(=O)NS(=O)(=O)c1ccc(C)cc1-c1ccc(-n2c(CC)nc(-c3ccccc3)c2C)cc1. The number of carbonyl (C=O) groups is 1. The predicted octanol–water partition coefficient (Wildman–Crippen LogP) is 5.82. The molecule has 0 saturated carbocycles. The van der Waals surface area contributed by atoms with Crippen LogP contribution in [0.15, 0.2) is 77.7 Å². The summed E-state index contributed by atoms with van der Waals surface area (Å²) in [5.41, 5.74) is 6.08. The van der Waals surface area contributed by atoms with E-state index < -0.39 is 16.1 Å². The molecule has 0 bridgehead atoms. The van der Waals surface area contributed by atoms with E-state index >= 15 is 0 Å². The van der Waals surface area contributed by atoms with Crippen molar-refractivity contribution in [1.82, 2.24) is 14.3 Å². The Bertz CT molecular complexity index is 1490. The molecule has 0 radical (unpaired) electrons. The lowest BCUT2D eigenvalue weighted by molar-refractivity contribution is 0.158. The minimum atomic E-state index is -4.12. The molecule has 36 heavy (non-hydrogen) atoms. The number of aryl methyl sites for hydroxylation is 2. The van der Waals surface area contributed by atoms with Crippen molar-refractivity contribution in [3.05, 3.63) is 89.9 Å². The summed E-state index contributed by atoms with van der Waals surface area (Å²) in [6.45, 7) is 7.69. The smallest absolute Gasteiger partial charge is 0.421 e. The number of benzene rings is 3. The van der Waals surface area contributed by atoms with Crippen LogP contribution in [0.5, 0.6) is 0 Å². The number of nitrogens with zero attached hydrogens (tertiary/aromatic N) is 2. The van der Waals surface area contributed by atoms with Crippen LogP contribution >= 0.6 is 0 Å². The lowest BCUT2D eigenvalue weighted by Crippen LogP contribution is -2.31. The van der Waals surface area contributed by atoms with Gasteiger partial charge in [-0.3, -0.25) is 0 Å². The van der Waals surface area contributed by atoms with Crippen LogP contribution in [0, 0.1) is 13.8 Å². The zero-order chi connectivity index (χ0) is 25.9. The Morgan fingerprint density at radius 1 is 0.944 bits per heavy atom. The first kappa shape index (κ1) is 25.2. The minimum absolute atomic E-state index is 0.00771. The molecule has 3 aromatic carbocycles. The molecule has 0 spiro atoms. The molecule has 0 fully saturated rings. The van der Waals surface area contributed by atoms with Crippen LogP contribution in [-0.4, -0.2) is 30.7 Å². The van der Waals surface area contributed by atoms with Gasteiger partial charge in [0.15, 0.2) is 0 Å². The number of ether oxygens (including phenoxy) is 1. The van der Waals surface area contributed by atoms with E-state index in [0.29, 0.717) is 11.1 Å². The summed E-state index contributed by atoms with van der Waals surface area (Å²) >= 11 is 0. The molecule has 0 aliphatic rings. The molecular weight excluding hydrogens is 474 g/mol. The first-order chi connectivity index (χ1) is 17.2. The number of amides is 1. The monoisotopic (exact) mass is 503 g/mol. The fraction of sp³-hybridized carbons (Fsp3) is 0.214. The first-order valence-corrected chi connectivity index (χ1v) is 13.3. The van der Waals surface area contributed by atoms with Gasteiger partial charge in [-0.15, -0.1) is 0 Å². The van der Waals surface area contributed by atoms with Gasteiger partial charge in [0.05, 0.1) is 17.2 Å². The normalized spacial score (nSPS) is 11.3. The van der Waals surface area contributed by atoms with Gasteiger partial charge in [-0.05, 0) is 44.5 Å². The number of hydrogen-bond donors (Lipinski definition) is 1. The standard InChI is InChI=1S/C28H29N3O4S/c1-5-26-29-27(22-10-8-7-9-11-22)20(4)31(26)23-15-13-21(14-16-23)24-18-19(3)12-17-25(24)36(33,34)30-28(32)35-6-2/h7-18H,5-6H2,1-4H3,(H,30,32). The Hall–Kier alpha value is -3.91. The summed E-state index contributed by atoms with van der Waals surface area (Å²) in [6.07, 6.45) is -0.244. The zero-order valence-corrected chi connectivity index (χ0v) is 21.6. The van der Waals surface area contributed by atoms with Crippen molar-refractivity contribution in [2.45, 2.75) is 39.0 Å². The highest BCUT2D eigenvalue weighted by molar-refractivity contribution is 7.90. The lowest BCUT2D eigenvalue weighted by atomic mass is 10.0. The van der Waals surface area contributed by atoms with Gasteiger partial charge in [-0.1, -0.05) is 67.1 Å². The van der Waals surface area contributed by atoms with Gasteiger partial charge in [-0.2, -0.15) is 0 Å². The van der Waals surface area contributed by atoms with Crippen LogP contribution in [0.2, 0.25) is 0 Å². The van der Waals surface area contributed by atoms with Gasteiger partial charge in [0, 0.05) is 28.9 Å². The van der Waals surface area contributed by atoms with Crippen LogP contribution < -0.4 is 4.72 Å². The second-order valence-electron chi connectivity index (χ2n) is 8.39. The van der Waals surface area contributed by atoms with Crippen molar-refractivity contribution in [3.63, 3.8) is 0 Å². The summed E-state index contributed by atoms with van der Waals surface area (Å²) in [7, 11) is -4.12. The summed E-state index contributed by atoms with van der Waals surface area (Å²) in [6, 6.07) is 22.7. The fourth-order valence-corrected chi connectivity index (χ4v) is 5.33. The second kappa shape index (κ2) is 10.4. The largest absolute Gasteiger partial charge is 0.449 e. The van der Waals surface area contributed by atoms with Crippen molar-refractivity contribution in [1.29, 1.82) is 0 Å². The molecule has 4 aromatic rings. The molecule has 0 aliphatic heterocycles. The van der Waals surface area contributed by atoms with Crippen molar-refractivity contribution in [2.75, 3.05) is 6.61 Å².